The van der Waals surface area contributed by atoms with Gasteiger partial charge in [0, 0.05) is 13.1 Å². The maximum absolute atomic E-state index is 11.1. The highest BCUT2D eigenvalue weighted by Crippen LogP contribution is 2.26. The third-order valence-electron chi connectivity index (χ3n) is 2.79. The van der Waals surface area contributed by atoms with Crippen LogP contribution in [0, 0.1) is 0 Å². The smallest absolute Gasteiger partial charge is 0.352 e. The van der Waals surface area contributed by atoms with Crippen molar-refractivity contribution in [1.82, 2.24) is 4.98 Å². The molecule has 0 aliphatic carbocycles. The number of pyridine rings is 1. The molecule has 0 radical (unpaired) electrons. The monoisotopic (exact) mass is 264 g/mol. The molecule has 1 aliphatic rings. The van der Waals surface area contributed by atoms with Crippen LogP contribution in [0.15, 0.2) is 23.9 Å². The molecule has 7 nitrogen and oxygen atoms in total. The topological polar surface area (TPSA) is 112 Å². The number of carboxylic acid groups (broad SMARTS) is 1. The Morgan fingerprint density at radius 2 is 2.32 bits per heavy atom. The third-order valence-corrected chi connectivity index (χ3v) is 2.79. The third kappa shape index (κ3) is 2.76. The molecule has 0 atom stereocenters. The number of nitrogen functional groups attached to an aromatic ring is 1. The molecule has 5 N–H and O–H groups in total. The summed E-state index contributed by atoms with van der Waals surface area (Å²) in [6.45, 7) is 0.885. The summed E-state index contributed by atoms with van der Waals surface area (Å²) in [5, 5.41) is 20.8. The second kappa shape index (κ2) is 5.57. The second-order valence-electron chi connectivity index (χ2n) is 4.09. The van der Waals surface area contributed by atoms with Crippen LogP contribution >= 0.6 is 0 Å². The minimum atomic E-state index is -0.971. The van der Waals surface area contributed by atoms with Crippen molar-refractivity contribution in [1.29, 1.82) is 0 Å². The van der Waals surface area contributed by atoms with E-state index in [9.17, 15) is 4.79 Å². The fourth-order valence-electron chi connectivity index (χ4n) is 1.93. The molecule has 19 heavy (non-hydrogen) atoms. The van der Waals surface area contributed by atoms with Crippen molar-refractivity contribution < 1.29 is 15.0 Å². The highest BCUT2D eigenvalue weighted by atomic mass is 16.4. The quantitative estimate of drug-likeness (QED) is 0.603. The molecule has 2 rings (SSSR count). The number of nitrogens with zero attached hydrogens (tertiary/aromatic N) is 2. The summed E-state index contributed by atoms with van der Waals surface area (Å²) in [5.74, 6) is 0.00460. The van der Waals surface area contributed by atoms with E-state index in [2.05, 4.69) is 10.3 Å². The maximum atomic E-state index is 11.1. The van der Waals surface area contributed by atoms with Crippen molar-refractivity contribution in [2.24, 2.45) is 0 Å². The Hall–Kier alpha value is -2.28. The fraction of sp³-hybridized carbons (Fsp3) is 0.333. The van der Waals surface area contributed by atoms with Crippen LogP contribution < -0.4 is 16.0 Å². The van der Waals surface area contributed by atoms with Crippen LogP contribution in [0.2, 0.25) is 0 Å². The number of aliphatic hydroxyl groups is 1. The van der Waals surface area contributed by atoms with Crippen LogP contribution in [0.5, 0.6) is 0 Å². The van der Waals surface area contributed by atoms with Gasteiger partial charge in [0.2, 0.25) is 0 Å². The SMILES string of the molecule is Nc1ccc(N2CCC=C2C(=O)O)nc1NCCO. The van der Waals surface area contributed by atoms with Crippen molar-refractivity contribution in [2.45, 2.75) is 6.42 Å². The van der Waals surface area contributed by atoms with Gasteiger partial charge in [0.1, 0.15) is 11.5 Å². The average Bonchev–Trinajstić information content (AvgIpc) is 2.87. The Morgan fingerprint density at radius 1 is 1.53 bits per heavy atom. The van der Waals surface area contributed by atoms with E-state index in [-0.39, 0.29) is 12.3 Å². The number of carboxylic acids is 1. The van der Waals surface area contributed by atoms with Gasteiger partial charge in [-0.1, -0.05) is 6.08 Å². The molecule has 0 saturated carbocycles. The van der Waals surface area contributed by atoms with E-state index in [1.165, 1.54) is 0 Å². The van der Waals surface area contributed by atoms with Gasteiger partial charge in [-0.25, -0.2) is 9.78 Å². The highest BCUT2D eigenvalue weighted by Gasteiger charge is 2.23. The summed E-state index contributed by atoms with van der Waals surface area (Å²) in [7, 11) is 0. The Kier molecular flexibility index (Phi) is 3.86. The Morgan fingerprint density at radius 3 is 3.00 bits per heavy atom. The van der Waals surface area contributed by atoms with Gasteiger partial charge in [0.15, 0.2) is 5.82 Å². The lowest BCUT2D eigenvalue weighted by Crippen LogP contribution is -2.25. The molecule has 0 aromatic carbocycles. The number of nitrogens with two attached hydrogens (primary N) is 1. The van der Waals surface area contributed by atoms with Crippen molar-refractivity contribution in [3.8, 4) is 0 Å². The summed E-state index contributed by atoms with van der Waals surface area (Å²) >= 11 is 0. The van der Waals surface area contributed by atoms with E-state index < -0.39 is 5.97 Å². The standard InChI is InChI=1S/C12H16N4O3/c13-8-3-4-10(15-11(8)14-5-7-17)16-6-1-2-9(16)12(18)19/h2-4,17H,1,5-7,13H2,(H,14,15)(H,18,19). The van der Waals surface area contributed by atoms with Gasteiger partial charge in [0.25, 0.3) is 0 Å². The Labute approximate surface area is 110 Å². The lowest BCUT2D eigenvalue weighted by atomic mass is 10.3. The molecule has 102 valence electrons. The van der Waals surface area contributed by atoms with Crippen LogP contribution in [-0.2, 0) is 4.79 Å². The predicted molar refractivity (Wildman–Crippen MR) is 71.9 cm³/mol. The number of aliphatic carboxylic acids is 1. The molecule has 0 unspecified atom stereocenters. The zero-order chi connectivity index (χ0) is 13.8. The number of carbonyl (C=O) groups is 1. The molecule has 2 heterocycles. The molecule has 1 aromatic heterocycles. The molecular formula is C12H16N4O3. The van der Waals surface area contributed by atoms with Gasteiger partial charge in [0.05, 0.1) is 12.3 Å². The first-order valence-electron chi connectivity index (χ1n) is 5.95. The number of aliphatic hydroxyl groups excluding tert-OH is 1. The van der Waals surface area contributed by atoms with Gasteiger partial charge in [-0.15, -0.1) is 0 Å². The molecule has 0 amide bonds. The van der Waals surface area contributed by atoms with Crippen LogP contribution in [0.1, 0.15) is 6.42 Å². The van der Waals surface area contributed by atoms with E-state index in [1.807, 2.05) is 0 Å². The summed E-state index contributed by atoms with van der Waals surface area (Å²) in [5.41, 5.74) is 6.45. The first-order chi connectivity index (χ1) is 9.13. The van der Waals surface area contributed by atoms with Crippen LogP contribution in [0.4, 0.5) is 17.3 Å². The summed E-state index contributed by atoms with van der Waals surface area (Å²) in [6, 6.07) is 3.35. The summed E-state index contributed by atoms with van der Waals surface area (Å²) in [6.07, 6.45) is 2.34. The minimum absolute atomic E-state index is 0.0324. The lowest BCUT2D eigenvalue weighted by molar-refractivity contribution is -0.132. The molecule has 7 heteroatoms. The number of nitrogens with one attached hydrogen (secondary N) is 1. The number of hydrogen-bond acceptors (Lipinski definition) is 6. The molecule has 0 spiro atoms. The van der Waals surface area contributed by atoms with Crippen LogP contribution in [0.3, 0.4) is 0 Å². The maximum Gasteiger partial charge on any atom is 0.352 e. The fourth-order valence-corrected chi connectivity index (χ4v) is 1.93. The lowest BCUT2D eigenvalue weighted by Gasteiger charge is -2.20. The summed E-state index contributed by atoms with van der Waals surface area (Å²) in [4.78, 5) is 17.0. The molecule has 0 fully saturated rings. The Balaban J connectivity index is 2.25. The molecule has 1 aliphatic heterocycles. The first-order valence-corrected chi connectivity index (χ1v) is 5.95. The summed E-state index contributed by atoms with van der Waals surface area (Å²) < 4.78 is 0. The number of anilines is 3. The number of aromatic nitrogens is 1. The van der Waals surface area contributed by atoms with Gasteiger partial charge in [-0.05, 0) is 18.6 Å². The van der Waals surface area contributed by atoms with Crippen LogP contribution in [-0.4, -0.2) is 40.9 Å². The van der Waals surface area contributed by atoms with Gasteiger partial charge in [-0.3, -0.25) is 0 Å². The van der Waals surface area contributed by atoms with E-state index in [1.54, 1.807) is 23.1 Å². The minimum Gasteiger partial charge on any atom is -0.477 e. The Bertz CT molecular complexity index is 516. The van der Waals surface area contributed by atoms with Crippen molar-refractivity contribution in [3.63, 3.8) is 0 Å². The predicted octanol–water partition coefficient (Wildman–Crippen LogP) is 0.247. The van der Waals surface area contributed by atoms with Gasteiger partial charge < -0.3 is 26.2 Å². The van der Waals surface area contributed by atoms with Gasteiger partial charge >= 0.3 is 5.97 Å². The molecule has 1 aromatic rings. The largest absolute Gasteiger partial charge is 0.477 e. The van der Waals surface area contributed by atoms with Gasteiger partial charge in [-0.2, -0.15) is 0 Å². The van der Waals surface area contributed by atoms with E-state index in [0.29, 0.717) is 36.8 Å². The first kappa shape index (κ1) is 13.2. The number of hydrogen-bond donors (Lipinski definition) is 4. The van der Waals surface area contributed by atoms with E-state index in [4.69, 9.17) is 15.9 Å². The zero-order valence-corrected chi connectivity index (χ0v) is 10.3. The molecule has 0 bridgehead atoms. The normalized spacial score (nSPS) is 14.4. The van der Waals surface area contributed by atoms with E-state index >= 15 is 0 Å². The average molecular weight is 264 g/mol. The van der Waals surface area contributed by atoms with Crippen molar-refractivity contribution in [2.75, 3.05) is 35.6 Å². The highest BCUT2D eigenvalue weighted by molar-refractivity contribution is 5.91. The molecule has 0 saturated heterocycles. The zero-order valence-electron chi connectivity index (χ0n) is 10.3. The van der Waals surface area contributed by atoms with E-state index in [0.717, 1.165) is 0 Å². The van der Waals surface area contributed by atoms with Crippen LogP contribution in [0.25, 0.3) is 0 Å². The number of rotatable bonds is 5. The van der Waals surface area contributed by atoms with Crippen molar-refractivity contribution >= 4 is 23.3 Å². The second-order valence-corrected chi connectivity index (χ2v) is 4.09. The molecular weight excluding hydrogens is 248 g/mol. The van der Waals surface area contributed by atoms with Crippen molar-refractivity contribution in [3.05, 3.63) is 23.9 Å².